The van der Waals surface area contributed by atoms with E-state index in [4.69, 9.17) is 5.11 Å². The van der Waals surface area contributed by atoms with Crippen LogP contribution in [-0.4, -0.2) is 34.5 Å². The quantitative estimate of drug-likeness (QED) is 0.772. The van der Waals surface area contributed by atoms with E-state index in [0.717, 1.165) is 19.4 Å². The van der Waals surface area contributed by atoms with E-state index in [1.54, 1.807) is 0 Å². The van der Waals surface area contributed by atoms with Crippen molar-refractivity contribution in [1.29, 1.82) is 0 Å². The van der Waals surface area contributed by atoms with E-state index in [0.29, 0.717) is 18.9 Å². The maximum Gasteiger partial charge on any atom is 0.303 e. The molecule has 0 aromatic carbocycles. The van der Waals surface area contributed by atoms with Crippen LogP contribution >= 0.6 is 0 Å². The van der Waals surface area contributed by atoms with Crippen LogP contribution in [0.15, 0.2) is 0 Å². The second kappa shape index (κ2) is 5.73. The molecule has 0 aliphatic carbocycles. The highest BCUT2D eigenvalue weighted by atomic mass is 16.4. The van der Waals surface area contributed by atoms with Gasteiger partial charge in [0.05, 0.1) is 0 Å². The molecule has 1 rings (SSSR count). The van der Waals surface area contributed by atoms with Crippen LogP contribution in [-0.2, 0) is 9.59 Å². The molecule has 1 aliphatic heterocycles. The number of aliphatic carboxylic acids is 1. The fourth-order valence-electron chi connectivity index (χ4n) is 2.00. The average Bonchev–Trinajstić information content (AvgIpc) is 2.17. The lowest BCUT2D eigenvalue weighted by molar-refractivity contribution is -0.137. The Morgan fingerprint density at radius 3 is 2.67 bits per heavy atom. The van der Waals surface area contributed by atoms with Gasteiger partial charge in [-0.15, -0.1) is 0 Å². The number of amides is 1. The molecule has 4 heteroatoms. The molecular weight excluding hydrogens is 194 g/mol. The van der Waals surface area contributed by atoms with Crippen LogP contribution in [0.2, 0.25) is 0 Å². The maximum atomic E-state index is 11.7. The minimum Gasteiger partial charge on any atom is -0.481 e. The number of carbonyl (C=O) groups excluding carboxylic acids is 1. The van der Waals surface area contributed by atoms with Gasteiger partial charge in [-0.3, -0.25) is 9.59 Å². The van der Waals surface area contributed by atoms with Crippen molar-refractivity contribution in [3.05, 3.63) is 0 Å². The third-order valence-electron chi connectivity index (χ3n) is 2.90. The molecule has 0 radical (unpaired) electrons. The molecule has 86 valence electrons. The Hall–Kier alpha value is -1.06. The number of rotatable bonds is 4. The molecule has 0 spiro atoms. The first-order valence-electron chi connectivity index (χ1n) is 5.62. The highest BCUT2D eigenvalue weighted by Crippen LogP contribution is 2.17. The van der Waals surface area contributed by atoms with Crippen molar-refractivity contribution in [3.63, 3.8) is 0 Å². The SMILES string of the molecule is CC1CCCCN1C(=O)CCCC(=O)O. The molecule has 1 saturated heterocycles. The normalized spacial score (nSPS) is 21.4. The van der Waals surface area contributed by atoms with E-state index >= 15 is 0 Å². The van der Waals surface area contributed by atoms with Crippen LogP contribution in [0.4, 0.5) is 0 Å². The number of carboxylic acids is 1. The summed E-state index contributed by atoms with van der Waals surface area (Å²) in [6, 6.07) is 0.330. The van der Waals surface area contributed by atoms with E-state index in [1.807, 2.05) is 4.90 Å². The van der Waals surface area contributed by atoms with Gasteiger partial charge in [-0.05, 0) is 32.6 Å². The number of piperidine rings is 1. The monoisotopic (exact) mass is 213 g/mol. The lowest BCUT2D eigenvalue weighted by atomic mass is 10.0. The Bertz CT molecular complexity index is 240. The number of carboxylic acid groups (broad SMARTS) is 1. The zero-order chi connectivity index (χ0) is 11.3. The second-order valence-electron chi connectivity index (χ2n) is 4.18. The molecule has 0 bridgehead atoms. The Kier molecular flexibility index (Phi) is 4.59. The first-order valence-corrected chi connectivity index (χ1v) is 5.62. The summed E-state index contributed by atoms with van der Waals surface area (Å²) in [4.78, 5) is 23.9. The molecule has 1 heterocycles. The van der Waals surface area contributed by atoms with E-state index < -0.39 is 5.97 Å². The summed E-state index contributed by atoms with van der Waals surface area (Å²) in [5.74, 6) is -0.710. The molecule has 1 amide bonds. The highest BCUT2D eigenvalue weighted by molar-refractivity contribution is 5.77. The summed E-state index contributed by atoms with van der Waals surface area (Å²) in [6.07, 6.45) is 4.27. The predicted molar refractivity (Wildman–Crippen MR) is 56.5 cm³/mol. The minimum atomic E-state index is -0.825. The molecular formula is C11H19NO3. The van der Waals surface area contributed by atoms with Gasteiger partial charge in [0.2, 0.25) is 5.91 Å². The van der Waals surface area contributed by atoms with E-state index in [2.05, 4.69) is 6.92 Å². The van der Waals surface area contributed by atoms with Crippen molar-refractivity contribution in [2.24, 2.45) is 0 Å². The molecule has 1 atom stereocenters. The summed E-state index contributed by atoms with van der Waals surface area (Å²) >= 11 is 0. The first-order chi connectivity index (χ1) is 7.11. The van der Waals surface area contributed by atoms with Gasteiger partial charge in [0.15, 0.2) is 0 Å². The molecule has 1 fully saturated rings. The van der Waals surface area contributed by atoms with Gasteiger partial charge in [-0.1, -0.05) is 0 Å². The zero-order valence-corrected chi connectivity index (χ0v) is 9.24. The number of hydrogen-bond acceptors (Lipinski definition) is 2. The van der Waals surface area contributed by atoms with Crippen molar-refractivity contribution in [2.45, 2.75) is 51.5 Å². The van der Waals surface area contributed by atoms with Gasteiger partial charge in [-0.2, -0.15) is 0 Å². The van der Waals surface area contributed by atoms with Crippen molar-refractivity contribution < 1.29 is 14.7 Å². The van der Waals surface area contributed by atoms with Crippen LogP contribution in [0.3, 0.4) is 0 Å². The van der Waals surface area contributed by atoms with Crippen LogP contribution in [0.1, 0.15) is 45.4 Å². The van der Waals surface area contributed by atoms with Gasteiger partial charge in [-0.25, -0.2) is 0 Å². The summed E-state index contributed by atoms with van der Waals surface area (Å²) in [7, 11) is 0. The van der Waals surface area contributed by atoms with E-state index in [9.17, 15) is 9.59 Å². The molecule has 1 unspecified atom stereocenters. The van der Waals surface area contributed by atoms with Crippen LogP contribution in [0.25, 0.3) is 0 Å². The molecule has 1 N–H and O–H groups in total. The number of likely N-dealkylation sites (tertiary alicyclic amines) is 1. The molecule has 15 heavy (non-hydrogen) atoms. The average molecular weight is 213 g/mol. The molecule has 0 aromatic heterocycles. The van der Waals surface area contributed by atoms with E-state index in [-0.39, 0.29) is 12.3 Å². The van der Waals surface area contributed by atoms with Gasteiger partial charge >= 0.3 is 5.97 Å². The highest BCUT2D eigenvalue weighted by Gasteiger charge is 2.22. The summed E-state index contributed by atoms with van der Waals surface area (Å²) in [5, 5.41) is 8.46. The lowest BCUT2D eigenvalue weighted by Crippen LogP contribution is -2.41. The predicted octanol–water partition coefficient (Wildman–Crippen LogP) is 1.64. The van der Waals surface area contributed by atoms with Crippen molar-refractivity contribution in [3.8, 4) is 0 Å². The van der Waals surface area contributed by atoms with Gasteiger partial charge in [0, 0.05) is 25.4 Å². The summed E-state index contributed by atoms with van der Waals surface area (Å²) < 4.78 is 0. The zero-order valence-electron chi connectivity index (χ0n) is 9.24. The smallest absolute Gasteiger partial charge is 0.303 e. The number of hydrogen-bond donors (Lipinski definition) is 1. The summed E-state index contributed by atoms with van der Waals surface area (Å²) in [5.41, 5.74) is 0. The van der Waals surface area contributed by atoms with E-state index in [1.165, 1.54) is 6.42 Å². The van der Waals surface area contributed by atoms with Gasteiger partial charge in [0.25, 0.3) is 0 Å². The molecule has 0 saturated carbocycles. The Morgan fingerprint density at radius 1 is 1.33 bits per heavy atom. The fourth-order valence-corrected chi connectivity index (χ4v) is 2.00. The standard InChI is InChI=1S/C11H19NO3/c1-9-5-2-3-8-12(9)10(13)6-4-7-11(14)15/h9H,2-8H2,1H3,(H,14,15). The fraction of sp³-hybridized carbons (Fsp3) is 0.818. The maximum absolute atomic E-state index is 11.7. The van der Waals surface area contributed by atoms with Crippen molar-refractivity contribution in [1.82, 2.24) is 4.90 Å². The summed E-state index contributed by atoms with van der Waals surface area (Å²) in [6.45, 7) is 2.90. The molecule has 0 aromatic rings. The van der Waals surface area contributed by atoms with Crippen molar-refractivity contribution in [2.75, 3.05) is 6.54 Å². The Morgan fingerprint density at radius 2 is 2.07 bits per heavy atom. The Labute approximate surface area is 90.3 Å². The minimum absolute atomic E-state index is 0.0912. The number of nitrogens with zero attached hydrogens (tertiary/aromatic N) is 1. The van der Waals surface area contributed by atoms with Crippen LogP contribution < -0.4 is 0 Å². The third-order valence-corrected chi connectivity index (χ3v) is 2.90. The van der Waals surface area contributed by atoms with Gasteiger partial charge in [0.1, 0.15) is 0 Å². The largest absolute Gasteiger partial charge is 0.481 e. The Balaban J connectivity index is 2.29. The van der Waals surface area contributed by atoms with Crippen molar-refractivity contribution >= 4 is 11.9 Å². The molecule has 4 nitrogen and oxygen atoms in total. The molecule has 1 aliphatic rings. The number of carbonyl (C=O) groups is 2. The topological polar surface area (TPSA) is 57.6 Å². The lowest BCUT2D eigenvalue weighted by Gasteiger charge is -2.33. The first kappa shape index (κ1) is 12.0. The van der Waals surface area contributed by atoms with Crippen LogP contribution in [0, 0.1) is 0 Å². The second-order valence-corrected chi connectivity index (χ2v) is 4.18. The van der Waals surface area contributed by atoms with Crippen LogP contribution in [0.5, 0.6) is 0 Å². The van der Waals surface area contributed by atoms with Gasteiger partial charge < -0.3 is 10.0 Å². The third kappa shape index (κ3) is 3.90.